The van der Waals surface area contributed by atoms with Crippen LogP contribution in [0.1, 0.15) is 6.42 Å². The Hall–Kier alpha value is -3.02. The summed E-state index contributed by atoms with van der Waals surface area (Å²) in [5.41, 5.74) is 12.1. The summed E-state index contributed by atoms with van der Waals surface area (Å²) in [5.74, 6) is -0.788. The van der Waals surface area contributed by atoms with E-state index in [4.69, 9.17) is 20.9 Å². The lowest BCUT2D eigenvalue weighted by molar-refractivity contribution is -0.144. The summed E-state index contributed by atoms with van der Waals surface area (Å²) in [6.45, 7) is 0. The van der Waals surface area contributed by atoms with Crippen LogP contribution >= 0.6 is 0 Å². The number of carbonyl (C=O) groups is 2. The van der Waals surface area contributed by atoms with Crippen molar-refractivity contribution in [1.29, 1.82) is 0 Å². The van der Waals surface area contributed by atoms with Gasteiger partial charge in [-0.25, -0.2) is 0 Å². The van der Waals surface area contributed by atoms with Crippen molar-refractivity contribution in [2.24, 2.45) is 0 Å². The van der Waals surface area contributed by atoms with Gasteiger partial charge in [0.25, 0.3) is 0 Å². The van der Waals surface area contributed by atoms with Crippen LogP contribution in [0.15, 0.2) is 48.5 Å². The number of hydrogen-bond acceptors (Lipinski definition) is 6. The molecular weight excluding hydrogens is 272 g/mol. The first-order valence-electron chi connectivity index (χ1n) is 6.15. The number of ether oxygens (including phenoxy) is 2. The fourth-order valence-electron chi connectivity index (χ4n) is 1.52. The molecule has 0 aromatic heterocycles. The summed E-state index contributed by atoms with van der Waals surface area (Å²) in [7, 11) is 0. The molecule has 0 amide bonds. The molecule has 0 saturated carbocycles. The Morgan fingerprint density at radius 2 is 1.05 bits per heavy atom. The third-order valence-corrected chi connectivity index (χ3v) is 2.51. The number of rotatable bonds is 4. The van der Waals surface area contributed by atoms with Crippen LogP contribution in [0.2, 0.25) is 0 Å². The monoisotopic (exact) mass is 286 g/mol. The Bertz CT molecular complexity index is 578. The van der Waals surface area contributed by atoms with E-state index >= 15 is 0 Å². The second kappa shape index (κ2) is 6.42. The van der Waals surface area contributed by atoms with Gasteiger partial charge in [-0.3, -0.25) is 9.59 Å². The maximum Gasteiger partial charge on any atom is 0.322 e. The van der Waals surface area contributed by atoms with E-state index in [1.807, 2.05) is 0 Å². The fraction of sp³-hybridized carbons (Fsp3) is 0.0667. The molecule has 2 aromatic carbocycles. The standard InChI is InChI=1S/C15H14N2O4/c16-10-1-5-12(6-2-10)20-14(18)9-15(19)21-13-7-3-11(17)4-8-13/h1-8H,9,16-17H2. The number of hydrogen-bond donors (Lipinski definition) is 2. The quantitative estimate of drug-likeness (QED) is 0.384. The lowest BCUT2D eigenvalue weighted by atomic mass is 10.3. The highest BCUT2D eigenvalue weighted by molar-refractivity contribution is 5.93. The van der Waals surface area contributed by atoms with Gasteiger partial charge in [-0.2, -0.15) is 0 Å². The molecule has 0 radical (unpaired) electrons. The molecule has 6 nitrogen and oxygen atoms in total. The molecule has 0 aliphatic rings. The van der Waals surface area contributed by atoms with Gasteiger partial charge in [0.05, 0.1) is 0 Å². The molecule has 6 heteroatoms. The molecule has 0 aliphatic carbocycles. The molecule has 2 aromatic rings. The van der Waals surface area contributed by atoms with Gasteiger partial charge in [0.1, 0.15) is 17.9 Å². The average molecular weight is 286 g/mol. The van der Waals surface area contributed by atoms with Gasteiger partial charge in [0.2, 0.25) is 0 Å². The van der Waals surface area contributed by atoms with E-state index in [1.165, 1.54) is 0 Å². The Morgan fingerprint density at radius 3 is 1.38 bits per heavy atom. The van der Waals surface area contributed by atoms with Crippen LogP contribution in [0.3, 0.4) is 0 Å². The fourth-order valence-corrected chi connectivity index (χ4v) is 1.52. The van der Waals surface area contributed by atoms with E-state index in [0.29, 0.717) is 22.9 Å². The molecular formula is C15H14N2O4. The third-order valence-electron chi connectivity index (χ3n) is 2.51. The van der Waals surface area contributed by atoms with Crippen molar-refractivity contribution in [2.75, 3.05) is 11.5 Å². The van der Waals surface area contributed by atoms with Gasteiger partial charge in [0, 0.05) is 11.4 Å². The molecule has 0 unspecified atom stereocenters. The largest absolute Gasteiger partial charge is 0.426 e. The van der Waals surface area contributed by atoms with Crippen molar-refractivity contribution >= 4 is 23.3 Å². The molecule has 21 heavy (non-hydrogen) atoms. The number of carbonyl (C=O) groups excluding carboxylic acids is 2. The van der Waals surface area contributed by atoms with Crippen molar-refractivity contribution in [3.05, 3.63) is 48.5 Å². The summed E-state index contributed by atoms with van der Waals surface area (Å²) in [6.07, 6.45) is -0.491. The SMILES string of the molecule is Nc1ccc(OC(=O)CC(=O)Oc2ccc(N)cc2)cc1. The maximum absolute atomic E-state index is 11.6. The Balaban J connectivity index is 1.85. The van der Waals surface area contributed by atoms with E-state index in [-0.39, 0.29) is 0 Å². The number of benzene rings is 2. The average Bonchev–Trinajstić information content (AvgIpc) is 2.44. The van der Waals surface area contributed by atoms with Gasteiger partial charge in [-0.05, 0) is 48.5 Å². The summed E-state index contributed by atoms with van der Waals surface area (Å²) in [5, 5.41) is 0. The normalized spacial score (nSPS) is 9.90. The highest BCUT2D eigenvalue weighted by Crippen LogP contribution is 2.15. The highest BCUT2D eigenvalue weighted by Gasteiger charge is 2.14. The van der Waals surface area contributed by atoms with Gasteiger partial charge < -0.3 is 20.9 Å². The van der Waals surface area contributed by atoms with Crippen molar-refractivity contribution < 1.29 is 19.1 Å². The minimum absolute atomic E-state index is 0.314. The van der Waals surface area contributed by atoms with Crippen LogP contribution in [-0.4, -0.2) is 11.9 Å². The molecule has 0 heterocycles. The molecule has 108 valence electrons. The molecule has 0 spiro atoms. The topological polar surface area (TPSA) is 105 Å². The zero-order chi connectivity index (χ0) is 15.2. The van der Waals surface area contributed by atoms with Gasteiger partial charge in [0.15, 0.2) is 0 Å². The number of anilines is 2. The molecule has 0 bridgehead atoms. The van der Waals surface area contributed by atoms with Crippen molar-refractivity contribution in [3.63, 3.8) is 0 Å². The predicted octanol–water partition coefficient (Wildman–Crippen LogP) is 1.75. The Labute approximate surface area is 121 Å². The van der Waals surface area contributed by atoms with Crippen molar-refractivity contribution in [1.82, 2.24) is 0 Å². The van der Waals surface area contributed by atoms with E-state index < -0.39 is 18.4 Å². The van der Waals surface area contributed by atoms with E-state index in [9.17, 15) is 9.59 Å². The van der Waals surface area contributed by atoms with Crippen LogP contribution in [0.5, 0.6) is 11.5 Å². The van der Waals surface area contributed by atoms with Gasteiger partial charge >= 0.3 is 11.9 Å². The van der Waals surface area contributed by atoms with Crippen molar-refractivity contribution in [2.45, 2.75) is 6.42 Å². The summed E-state index contributed by atoms with van der Waals surface area (Å²) in [4.78, 5) is 23.2. The Kier molecular flexibility index (Phi) is 4.40. The second-order valence-corrected chi connectivity index (χ2v) is 4.26. The second-order valence-electron chi connectivity index (χ2n) is 4.26. The molecule has 0 atom stereocenters. The molecule has 2 rings (SSSR count). The summed E-state index contributed by atoms with van der Waals surface area (Å²) < 4.78 is 9.96. The number of nitrogens with two attached hydrogens (primary N) is 2. The maximum atomic E-state index is 11.6. The minimum atomic E-state index is -0.708. The summed E-state index contributed by atoms with van der Waals surface area (Å²) in [6, 6.07) is 12.5. The van der Waals surface area contributed by atoms with Crippen LogP contribution in [0, 0.1) is 0 Å². The third kappa shape index (κ3) is 4.54. The summed E-state index contributed by atoms with van der Waals surface area (Å²) >= 11 is 0. The molecule has 0 saturated heterocycles. The lowest BCUT2D eigenvalue weighted by Crippen LogP contribution is -2.18. The van der Waals surface area contributed by atoms with E-state index in [0.717, 1.165) is 0 Å². The van der Waals surface area contributed by atoms with E-state index in [2.05, 4.69) is 0 Å². The predicted molar refractivity (Wildman–Crippen MR) is 77.6 cm³/mol. The molecule has 0 fully saturated rings. The van der Waals surface area contributed by atoms with Crippen molar-refractivity contribution in [3.8, 4) is 11.5 Å². The number of nitrogen functional groups attached to an aromatic ring is 2. The van der Waals surface area contributed by atoms with E-state index in [1.54, 1.807) is 48.5 Å². The molecule has 0 aliphatic heterocycles. The van der Waals surface area contributed by atoms with Crippen LogP contribution in [0.4, 0.5) is 11.4 Å². The molecule has 4 N–H and O–H groups in total. The first-order valence-corrected chi connectivity index (χ1v) is 6.15. The first-order chi connectivity index (χ1) is 10.0. The first kappa shape index (κ1) is 14.4. The highest BCUT2D eigenvalue weighted by atomic mass is 16.6. The smallest absolute Gasteiger partial charge is 0.322 e. The van der Waals surface area contributed by atoms with Gasteiger partial charge in [-0.15, -0.1) is 0 Å². The van der Waals surface area contributed by atoms with Crippen LogP contribution in [-0.2, 0) is 9.59 Å². The van der Waals surface area contributed by atoms with Crippen LogP contribution in [0.25, 0.3) is 0 Å². The number of esters is 2. The van der Waals surface area contributed by atoms with Gasteiger partial charge in [-0.1, -0.05) is 0 Å². The zero-order valence-corrected chi connectivity index (χ0v) is 11.1. The zero-order valence-electron chi connectivity index (χ0n) is 11.1. The lowest BCUT2D eigenvalue weighted by Gasteiger charge is -2.05. The minimum Gasteiger partial charge on any atom is -0.426 e. The Morgan fingerprint density at radius 1 is 0.714 bits per heavy atom. The van der Waals surface area contributed by atoms with Crippen LogP contribution < -0.4 is 20.9 Å².